The van der Waals surface area contributed by atoms with Gasteiger partial charge >= 0.3 is 0 Å². The van der Waals surface area contributed by atoms with E-state index in [-0.39, 0.29) is 24.3 Å². The van der Waals surface area contributed by atoms with Gasteiger partial charge in [0.2, 0.25) is 0 Å². The Morgan fingerprint density at radius 1 is 1.57 bits per heavy atom. The second kappa shape index (κ2) is 6.42. The van der Waals surface area contributed by atoms with Gasteiger partial charge in [0.15, 0.2) is 0 Å². The zero-order valence-electron chi connectivity index (χ0n) is 7.96. The Morgan fingerprint density at radius 2 is 2.29 bits per heavy atom. The number of terminal acetylenes is 1. The summed E-state index contributed by atoms with van der Waals surface area (Å²) in [6.45, 7) is 2.45. The normalized spacial score (nSPS) is 11.2. The highest BCUT2D eigenvalue weighted by atomic mass is 35.5. The average molecular weight is 214 g/mol. The third-order valence-electron chi connectivity index (χ3n) is 1.86. The van der Waals surface area contributed by atoms with Crippen LogP contribution in [-0.4, -0.2) is 6.54 Å². The molecule has 1 nitrogen and oxygen atoms in total. The molecule has 0 radical (unpaired) electrons. The van der Waals surface area contributed by atoms with Crippen LogP contribution >= 0.6 is 12.4 Å². The van der Waals surface area contributed by atoms with Crippen molar-refractivity contribution in [3.63, 3.8) is 0 Å². The van der Waals surface area contributed by atoms with Crippen LogP contribution in [0.3, 0.4) is 0 Å². The Labute approximate surface area is 90.1 Å². The Morgan fingerprint density at radius 3 is 2.86 bits per heavy atom. The van der Waals surface area contributed by atoms with Crippen molar-refractivity contribution >= 4 is 12.4 Å². The molecule has 0 unspecified atom stereocenters. The molecular weight excluding hydrogens is 201 g/mol. The maximum absolute atomic E-state index is 12.8. The lowest BCUT2D eigenvalue weighted by atomic mass is 10.1. The van der Waals surface area contributed by atoms with Crippen LogP contribution in [0.5, 0.6) is 0 Å². The lowest BCUT2D eigenvalue weighted by Crippen LogP contribution is -2.18. The van der Waals surface area contributed by atoms with E-state index in [2.05, 4.69) is 11.2 Å². The summed E-state index contributed by atoms with van der Waals surface area (Å²) in [6.07, 6.45) is 5.10. The summed E-state index contributed by atoms with van der Waals surface area (Å²) >= 11 is 0. The van der Waals surface area contributed by atoms with Gasteiger partial charge in [-0.3, -0.25) is 5.32 Å². The predicted octanol–water partition coefficient (Wildman–Crippen LogP) is 2.53. The molecule has 3 heteroatoms. The molecule has 0 aliphatic carbocycles. The van der Waals surface area contributed by atoms with E-state index in [0.29, 0.717) is 6.54 Å². The molecule has 14 heavy (non-hydrogen) atoms. The molecule has 0 heterocycles. The molecule has 0 saturated carbocycles. The van der Waals surface area contributed by atoms with Crippen LogP contribution in [-0.2, 0) is 0 Å². The fraction of sp³-hybridized carbons (Fsp3) is 0.273. The lowest BCUT2D eigenvalue weighted by molar-refractivity contribution is 0.598. The molecule has 0 saturated heterocycles. The van der Waals surface area contributed by atoms with Crippen molar-refractivity contribution in [1.82, 2.24) is 5.32 Å². The summed E-state index contributed by atoms with van der Waals surface area (Å²) < 4.78 is 12.8. The first-order valence-corrected chi connectivity index (χ1v) is 4.16. The molecule has 0 spiro atoms. The van der Waals surface area contributed by atoms with Crippen molar-refractivity contribution in [3.05, 3.63) is 35.6 Å². The SMILES string of the molecule is C#CCN[C@H](C)c1cccc(F)c1.Cl. The maximum atomic E-state index is 12.8. The number of hydrogen-bond acceptors (Lipinski definition) is 1. The van der Waals surface area contributed by atoms with Gasteiger partial charge in [0.25, 0.3) is 0 Å². The van der Waals surface area contributed by atoms with Gasteiger partial charge in [-0.05, 0) is 24.6 Å². The van der Waals surface area contributed by atoms with E-state index in [1.54, 1.807) is 6.07 Å². The summed E-state index contributed by atoms with van der Waals surface area (Å²) in [6, 6.07) is 6.59. The van der Waals surface area contributed by atoms with Crippen LogP contribution in [0, 0.1) is 18.2 Å². The number of nitrogens with one attached hydrogen (secondary N) is 1. The largest absolute Gasteiger partial charge is 0.300 e. The highest BCUT2D eigenvalue weighted by molar-refractivity contribution is 5.85. The Balaban J connectivity index is 0.00000169. The van der Waals surface area contributed by atoms with E-state index in [9.17, 15) is 4.39 Å². The lowest BCUT2D eigenvalue weighted by Gasteiger charge is -2.11. The van der Waals surface area contributed by atoms with Gasteiger partial charge in [-0.1, -0.05) is 18.1 Å². The fourth-order valence-corrected chi connectivity index (χ4v) is 1.11. The minimum atomic E-state index is -0.216. The van der Waals surface area contributed by atoms with Crippen LogP contribution in [0.4, 0.5) is 4.39 Å². The van der Waals surface area contributed by atoms with E-state index in [1.165, 1.54) is 12.1 Å². The van der Waals surface area contributed by atoms with Gasteiger partial charge in [-0.2, -0.15) is 0 Å². The standard InChI is InChI=1S/C11H12FN.ClH/c1-3-7-13-9(2)10-5-4-6-11(12)8-10;/h1,4-6,8-9,13H,7H2,2H3;1H/t9-;/m1./s1. The summed E-state index contributed by atoms with van der Waals surface area (Å²) in [5.41, 5.74) is 0.912. The molecule has 0 aromatic heterocycles. The Bertz CT molecular complexity index is 319. The summed E-state index contributed by atoms with van der Waals surface area (Å²) in [4.78, 5) is 0. The summed E-state index contributed by atoms with van der Waals surface area (Å²) in [5.74, 6) is 2.26. The van der Waals surface area contributed by atoms with Crippen molar-refractivity contribution in [2.24, 2.45) is 0 Å². The fourth-order valence-electron chi connectivity index (χ4n) is 1.11. The van der Waals surface area contributed by atoms with Gasteiger partial charge in [0.1, 0.15) is 5.82 Å². The van der Waals surface area contributed by atoms with Crippen LogP contribution in [0.15, 0.2) is 24.3 Å². The minimum absolute atomic E-state index is 0. The molecule has 0 bridgehead atoms. The van der Waals surface area contributed by atoms with Gasteiger partial charge in [0, 0.05) is 6.04 Å². The van der Waals surface area contributed by atoms with Gasteiger partial charge in [0.05, 0.1) is 6.54 Å². The summed E-state index contributed by atoms with van der Waals surface area (Å²) in [5, 5.41) is 3.07. The third-order valence-corrected chi connectivity index (χ3v) is 1.86. The number of benzene rings is 1. The van der Waals surface area contributed by atoms with Crippen molar-refractivity contribution in [1.29, 1.82) is 0 Å². The van der Waals surface area contributed by atoms with E-state index in [4.69, 9.17) is 6.42 Å². The molecule has 76 valence electrons. The third kappa shape index (κ3) is 3.78. The van der Waals surface area contributed by atoms with Gasteiger partial charge in [-0.25, -0.2) is 4.39 Å². The molecule has 1 N–H and O–H groups in total. The molecule has 1 aromatic carbocycles. The van der Waals surface area contributed by atoms with E-state index >= 15 is 0 Å². The minimum Gasteiger partial charge on any atom is -0.300 e. The first kappa shape index (κ1) is 13.0. The molecule has 1 rings (SSSR count). The second-order valence-corrected chi connectivity index (χ2v) is 2.86. The van der Waals surface area contributed by atoms with E-state index in [0.717, 1.165) is 5.56 Å². The molecule has 1 aromatic rings. The van der Waals surface area contributed by atoms with Crippen LogP contribution in [0.25, 0.3) is 0 Å². The van der Waals surface area contributed by atoms with Crippen LogP contribution in [0.2, 0.25) is 0 Å². The number of hydrogen-bond donors (Lipinski definition) is 1. The van der Waals surface area contributed by atoms with Gasteiger partial charge < -0.3 is 0 Å². The topological polar surface area (TPSA) is 12.0 Å². The maximum Gasteiger partial charge on any atom is 0.123 e. The quantitative estimate of drug-likeness (QED) is 0.761. The Hall–Kier alpha value is -1.04. The van der Waals surface area contributed by atoms with Crippen molar-refractivity contribution < 1.29 is 4.39 Å². The van der Waals surface area contributed by atoms with E-state index < -0.39 is 0 Å². The molecule has 1 atom stereocenters. The second-order valence-electron chi connectivity index (χ2n) is 2.86. The van der Waals surface area contributed by atoms with Crippen molar-refractivity contribution in [2.45, 2.75) is 13.0 Å². The van der Waals surface area contributed by atoms with Crippen LogP contribution < -0.4 is 5.32 Å². The Kier molecular flexibility index (Phi) is 5.94. The predicted molar refractivity (Wildman–Crippen MR) is 58.9 cm³/mol. The molecule has 0 fully saturated rings. The van der Waals surface area contributed by atoms with Crippen molar-refractivity contribution in [2.75, 3.05) is 6.54 Å². The molecular formula is C11H13ClFN. The first-order chi connectivity index (χ1) is 6.24. The monoisotopic (exact) mass is 213 g/mol. The number of rotatable bonds is 3. The smallest absolute Gasteiger partial charge is 0.123 e. The van der Waals surface area contributed by atoms with Crippen LogP contribution in [0.1, 0.15) is 18.5 Å². The zero-order chi connectivity index (χ0) is 9.68. The van der Waals surface area contributed by atoms with Crippen molar-refractivity contribution in [3.8, 4) is 12.3 Å². The van der Waals surface area contributed by atoms with E-state index in [1.807, 2.05) is 13.0 Å². The van der Waals surface area contributed by atoms with Gasteiger partial charge in [-0.15, -0.1) is 18.8 Å². The highest BCUT2D eigenvalue weighted by Gasteiger charge is 2.03. The molecule has 0 aliphatic rings. The molecule has 0 amide bonds. The zero-order valence-corrected chi connectivity index (χ0v) is 8.77. The molecule has 0 aliphatic heterocycles. The number of halogens is 2. The average Bonchev–Trinajstić information content (AvgIpc) is 2.14. The first-order valence-electron chi connectivity index (χ1n) is 4.16. The highest BCUT2D eigenvalue weighted by Crippen LogP contribution is 2.12. The summed E-state index contributed by atoms with van der Waals surface area (Å²) in [7, 11) is 0.